The molecule has 0 aliphatic heterocycles. The van der Waals surface area contributed by atoms with E-state index in [0.29, 0.717) is 15.6 Å². The zero-order valence-corrected chi connectivity index (χ0v) is 17.1. The second-order valence-corrected chi connectivity index (χ2v) is 9.45. The number of sulfone groups is 1. The molecule has 146 valence electrons. The Morgan fingerprint density at radius 1 is 1.04 bits per heavy atom. The van der Waals surface area contributed by atoms with Crippen LogP contribution in [0.4, 0.5) is 0 Å². The van der Waals surface area contributed by atoms with Crippen LogP contribution >= 0.6 is 22.9 Å². The molecule has 0 saturated carbocycles. The number of halogens is 1. The standard InChI is InChI=1S/C20H18ClNO4S2/c21-15-8-10-16(11-9-15)26-14-20(23)22-13-19(18-7-4-12-27-18)28(24,25)17-5-2-1-3-6-17/h1-12,19H,13-14H2,(H,22,23). The molecule has 3 rings (SSSR count). The van der Waals surface area contributed by atoms with E-state index in [-0.39, 0.29) is 18.0 Å². The minimum absolute atomic E-state index is 0.0411. The smallest absolute Gasteiger partial charge is 0.257 e. The highest BCUT2D eigenvalue weighted by molar-refractivity contribution is 7.91. The Morgan fingerprint density at radius 2 is 1.75 bits per heavy atom. The first-order valence-corrected chi connectivity index (χ1v) is 11.2. The summed E-state index contributed by atoms with van der Waals surface area (Å²) in [5.41, 5.74) is 0. The van der Waals surface area contributed by atoms with Gasteiger partial charge in [0.25, 0.3) is 5.91 Å². The largest absolute Gasteiger partial charge is 0.484 e. The number of thiophene rings is 1. The summed E-state index contributed by atoms with van der Waals surface area (Å²) < 4.78 is 31.5. The highest BCUT2D eigenvalue weighted by Gasteiger charge is 2.30. The van der Waals surface area contributed by atoms with Crippen LogP contribution in [-0.4, -0.2) is 27.5 Å². The molecule has 1 amide bonds. The number of benzene rings is 2. The molecule has 5 nitrogen and oxygen atoms in total. The third-order valence-electron chi connectivity index (χ3n) is 3.98. The molecule has 28 heavy (non-hydrogen) atoms. The van der Waals surface area contributed by atoms with Crippen molar-refractivity contribution in [1.82, 2.24) is 5.32 Å². The zero-order chi connectivity index (χ0) is 20.0. The lowest BCUT2D eigenvalue weighted by Gasteiger charge is -2.17. The Kier molecular flexibility index (Phi) is 6.72. The van der Waals surface area contributed by atoms with Crippen LogP contribution in [0.25, 0.3) is 0 Å². The maximum Gasteiger partial charge on any atom is 0.257 e. The van der Waals surface area contributed by atoms with Crippen molar-refractivity contribution in [2.24, 2.45) is 0 Å². The number of carbonyl (C=O) groups excluding carboxylic acids is 1. The second kappa shape index (κ2) is 9.23. The van der Waals surface area contributed by atoms with Crippen molar-refractivity contribution in [3.05, 3.63) is 82.0 Å². The van der Waals surface area contributed by atoms with E-state index in [0.717, 1.165) is 0 Å². The molecule has 1 aromatic heterocycles. The fourth-order valence-corrected chi connectivity index (χ4v) is 5.48. The Bertz CT molecular complexity index is 1000. The van der Waals surface area contributed by atoms with Gasteiger partial charge in [0.15, 0.2) is 16.4 Å². The average Bonchev–Trinajstić information content (AvgIpc) is 3.22. The van der Waals surface area contributed by atoms with Crippen LogP contribution < -0.4 is 10.1 Å². The number of ether oxygens (including phenoxy) is 1. The van der Waals surface area contributed by atoms with E-state index in [1.165, 1.54) is 11.3 Å². The van der Waals surface area contributed by atoms with Gasteiger partial charge in [-0.3, -0.25) is 4.79 Å². The molecule has 1 unspecified atom stereocenters. The number of hydrogen-bond donors (Lipinski definition) is 1. The number of rotatable bonds is 8. The van der Waals surface area contributed by atoms with Gasteiger partial charge in [-0.1, -0.05) is 35.9 Å². The predicted octanol–water partition coefficient (Wildman–Crippen LogP) is 4.11. The summed E-state index contributed by atoms with van der Waals surface area (Å²) in [6.45, 7) is -0.259. The minimum atomic E-state index is -3.65. The summed E-state index contributed by atoms with van der Waals surface area (Å²) in [7, 11) is -3.65. The fourth-order valence-electron chi connectivity index (χ4n) is 2.55. The maximum absolute atomic E-state index is 13.1. The van der Waals surface area contributed by atoms with Crippen LogP contribution in [0, 0.1) is 0 Å². The number of amides is 1. The van der Waals surface area contributed by atoms with Crippen molar-refractivity contribution >= 4 is 38.7 Å². The molecule has 0 aliphatic carbocycles. The van der Waals surface area contributed by atoms with Crippen LogP contribution in [0.5, 0.6) is 5.75 Å². The van der Waals surface area contributed by atoms with E-state index < -0.39 is 21.0 Å². The van der Waals surface area contributed by atoms with Gasteiger partial charge in [-0.05, 0) is 47.8 Å². The van der Waals surface area contributed by atoms with Crippen LogP contribution in [-0.2, 0) is 14.6 Å². The van der Waals surface area contributed by atoms with Gasteiger partial charge >= 0.3 is 0 Å². The first kappa shape index (κ1) is 20.4. The molecule has 0 bridgehead atoms. The van der Waals surface area contributed by atoms with E-state index in [2.05, 4.69) is 5.32 Å². The van der Waals surface area contributed by atoms with Crippen LogP contribution in [0.2, 0.25) is 5.02 Å². The number of carbonyl (C=O) groups is 1. The van der Waals surface area contributed by atoms with Crippen LogP contribution in [0.15, 0.2) is 77.0 Å². The highest BCUT2D eigenvalue weighted by atomic mass is 35.5. The molecule has 2 aromatic carbocycles. The number of hydrogen-bond acceptors (Lipinski definition) is 5. The quantitative estimate of drug-likeness (QED) is 0.577. The van der Waals surface area contributed by atoms with E-state index in [9.17, 15) is 13.2 Å². The molecule has 1 N–H and O–H groups in total. The third-order valence-corrected chi connectivity index (χ3v) is 7.46. The Balaban J connectivity index is 1.67. The van der Waals surface area contributed by atoms with Gasteiger partial charge < -0.3 is 10.1 Å². The van der Waals surface area contributed by atoms with E-state index >= 15 is 0 Å². The van der Waals surface area contributed by atoms with Gasteiger partial charge in [0, 0.05) is 16.4 Å². The zero-order valence-electron chi connectivity index (χ0n) is 14.7. The van der Waals surface area contributed by atoms with Crippen molar-refractivity contribution in [2.75, 3.05) is 13.2 Å². The van der Waals surface area contributed by atoms with Gasteiger partial charge in [0.05, 0.1) is 4.90 Å². The molecule has 0 fully saturated rings. The molecule has 0 radical (unpaired) electrons. The lowest BCUT2D eigenvalue weighted by molar-refractivity contribution is -0.123. The molecule has 1 heterocycles. The van der Waals surface area contributed by atoms with Gasteiger partial charge in [-0.2, -0.15) is 0 Å². The fraction of sp³-hybridized carbons (Fsp3) is 0.150. The average molecular weight is 436 g/mol. The summed E-state index contributed by atoms with van der Waals surface area (Å²) in [6.07, 6.45) is 0. The molecular weight excluding hydrogens is 418 g/mol. The van der Waals surface area contributed by atoms with Crippen LogP contribution in [0.1, 0.15) is 10.1 Å². The molecule has 3 aromatic rings. The minimum Gasteiger partial charge on any atom is -0.484 e. The SMILES string of the molecule is O=C(COc1ccc(Cl)cc1)NCC(c1cccs1)S(=O)(=O)c1ccccc1. The van der Waals surface area contributed by atoms with Crippen molar-refractivity contribution < 1.29 is 17.9 Å². The summed E-state index contributed by atoms with van der Waals surface area (Å²) in [5, 5.41) is 4.18. The van der Waals surface area contributed by atoms with Crippen molar-refractivity contribution in [1.29, 1.82) is 0 Å². The topological polar surface area (TPSA) is 72.5 Å². The molecule has 0 saturated heterocycles. The molecular formula is C20H18ClNO4S2. The second-order valence-electron chi connectivity index (χ2n) is 5.91. The Labute approximate surface area is 172 Å². The lowest BCUT2D eigenvalue weighted by Crippen LogP contribution is -2.34. The van der Waals surface area contributed by atoms with Crippen molar-refractivity contribution in [3.63, 3.8) is 0 Å². The third kappa shape index (κ3) is 5.13. The van der Waals surface area contributed by atoms with E-state index in [1.807, 2.05) is 5.38 Å². The normalized spacial score (nSPS) is 12.3. The molecule has 8 heteroatoms. The summed E-state index contributed by atoms with van der Waals surface area (Å²) in [4.78, 5) is 13.1. The lowest BCUT2D eigenvalue weighted by atomic mass is 10.3. The first-order valence-electron chi connectivity index (χ1n) is 8.44. The van der Waals surface area contributed by atoms with Crippen molar-refractivity contribution in [2.45, 2.75) is 10.1 Å². The Hall–Kier alpha value is -2.35. The molecule has 0 aliphatic rings. The van der Waals surface area contributed by atoms with Crippen LogP contribution in [0.3, 0.4) is 0 Å². The van der Waals surface area contributed by atoms with Crippen molar-refractivity contribution in [3.8, 4) is 5.75 Å². The van der Waals surface area contributed by atoms with Gasteiger partial charge in [-0.25, -0.2) is 8.42 Å². The summed E-state index contributed by atoms with van der Waals surface area (Å²) in [6, 6.07) is 18.4. The molecule has 1 atom stereocenters. The predicted molar refractivity (Wildman–Crippen MR) is 111 cm³/mol. The molecule has 0 spiro atoms. The maximum atomic E-state index is 13.1. The monoisotopic (exact) mass is 435 g/mol. The van der Waals surface area contributed by atoms with E-state index in [4.69, 9.17) is 16.3 Å². The number of nitrogens with one attached hydrogen (secondary N) is 1. The summed E-state index contributed by atoms with van der Waals surface area (Å²) >= 11 is 7.15. The van der Waals surface area contributed by atoms with Gasteiger partial charge in [-0.15, -0.1) is 11.3 Å². The highest BCUT2D eigenvalue weighted by Crippen LogP contribution is 2.31. The first-order chi connectivity index (χ1) is 13.5. The van der Waals surface area contributed by atoms with Gasteiger partial charge in [0.2, 0.25) is 0 Å². The van der Waals surface area contributed by atoms with Gasteiger partial charge in [0.1, 0.15) is 11.0 Å². The summed E-state index contributed by atoms with van der Waals surface area (Å²) in [5.74, 6) is 0.103. The van der Waals surface area contributed by atoms with E-state index in [1.54, 1.807) is 66.7 Å². The Morgan fingerprint density at radius 3 is 2.39 bits per heavy atom.